The van der Waals surface area contributed by atoms with Gasteiger partial charge in [0, 0.05) is 24.6 Å². The summed E-state index contributed by atoms with van der Waals surface area (Å²) in [6.07, 6.45) is -0.382. The summed E-state index contributed by atoms with van der Waals surface area (Å²) < 4.78 is 43.8. The number of nitrogens with zero attached hydrogens (tertiary/aromatic N) is 1. The molecule has 1 heterocycles. The highest BCUT2D eigenvalue weighted by Crippen LogP contribution is 2.25. The van der Waals surface area contributed by atoms with E-state index >= 15 is 0 Å². The molecule has 1 saturated heterocycles. The first-order chi connectivity index (χ1) is 14.1. The molecule has 1 aromatic rings. The normalized spacial score (nSPS) is 17.9. The molecule has 0 saturated carbocycles. The molecule has 1 N–H and O–H groups in total. The molecule has 0 unspecified atom stereocenters. The van der Waals surface area contributed by atoms with Crippen LogP contribution < -0.4 is 5.32 Å². The van der Waals surface area contributed by atoms with E-state index in [1.165, 1.54) is 19.2 Å². The van der Waals surface area contributed by atoms with Gasteiger partial charge >= 0.3 is 12.2 Å². The molecule has 0 aliphatic carbocycles. The number of amides is 2. The molecule has 1 aromatic carbocycles. The first-order valence-electron chi connectivity index (χ1n) is 9.96. The van der Waals surface area contributed by atoms with Crippen molar-refractivity contribution in [2.24, 2.45) is 5.92 Å². The largest absolute Gasteiger partial charge is 0.453 e. The second-order valence-electron chi connectivity index (χ2n) is 8.27. The van der Waals surface area contributed by atoms with Gasteiger partial charge in [0.1, 0.15) is 11.7 Å². The SMILES string of the molecule is COC(=O)NC[C@H](OC[C@@H]1CCCN(C(=O)OC(C)(C)C)C1)c1cccc(F)c1F. The van der Waals surface area contributed by atoms with Crippen molar-refractivity contribution in [1.29, 1.82) is 0 Å². The van der Waals surface area contributed by atoms with Crippen LogP contribution in [0.15, 0.2) is 18.2 Å². The number of halogens is 2. The Kier molecular flexibility index (Phi) is 8.40. The number of alkyl carbamates (subject to hydrolysis) is 1. The third kappa shape index (κ3) is 7.12. The Hall–Kier alpha value is -2.42. The fourth-order valence-corrected chi connectivity index (χ4v) is 3.22. The van der Waals surface area contributed by atoms with Crippen molar-refractivity contribution < 1.29 is 32.6 Å². The predicted octanol–water partition coefficient (Wildman–Crippen LogP) is 4.03. The van der Waals surface area contributed by atoms with E-state index in [0.717, 1.165) is 18.9 Å². The van der Waals surface area contributed by atoms with Gasteiger partial charge < -0.3 is 24.4 Å². The molecule has 9 heteroatoms. The first kappa shape index (κ1) is 23.9. The number of hydrogen-bond donors (Lipinski definition) is 1. The summed E-state index contributed by atoms with van der Waals surface area (Å²) in [5.41, 5.74) is -0.577. The number of ether oxygens (including phenoxy) is 3. The van der Waals surface area contributed by atoms with Crippen molar-refractivity contribution in [1.82, 2.24) is 10.2 Å². The lowest BCUT2D eigenvalue weighted by Crippen LogP contribution is -2.44. The van der Waals surface area contributed by atoms with E-state index in [4.69, 9.17) is 9.47 Å². The minimum atomic E-state index is -1.02. The Morgan fingerprint density at radius 3 is 2.70 bits per heavy atom. The fourth-order valence-electron chi connectivity index (χ4n) is 3.22. The number of carbonyl (C=O) groups excluding carboxylic acids is 2. The van der Waals surface area contributed by atoms with Gasteiger partial charge in [0.15, 0.2) is 11.6 Å². The maximum Gasteiger partial charge on any atom is 0.410 e. The minimum Gasteiger partial charge on any atom is -0.453 e. The molecule has 1 fully saturated rings. The summed E-state index contributed by atoms with van der Waals surface area (Å²) in [7, 11) is 1.21. The summed E-state index contributed by atoms with van der Waals surface area (Å²) in [6.45, 7) is 6.58. The standard InChI is InChI=1S/C21H30F2N2O5/c1-21(2,3)30-20(27)25-10-6-7-14(12-25)13-29-17(11-24-19(26)28-4)15-8-5-9-16(22)18(15)23/h5,8-9,14,17H,6-7,10-13H2,1-4H3,(H,24,26)/t14-,17+/m1/s1. The van der Waals surface area contributed by atoms with Crippen molar-refractivity contribution in [3.05, 3.63) is 35.4 Å². The van der Waals surface area contributed by atoms with Crippen LogP contribution in [0.25, 0.3) is 0 Å². The topological polar surface area (TPSA) is 77.1 Å². The smallest absolute Gasteiger partial charge is 0.410 e. The van der Waals surface area contributed by atoms with Gasteiger partial charge in [0.05, 0.1) is 20.3 Å². The number of likely N-dealkylation sites (tertiary alicyclic amines) is 1. The van der Waals surface area contributed by atoms with Gasteiger partial charge in [-0.1, -0.05) is 12.1 Å². The van der Waals surface area contributed by atoms with Crippen LogP contribution in [-0.2, 0) is 14.2 Å². The van der Waals surface area contributed by atoms with Crippen molar-refractivity contribution in [3.63, 3.8) is 0 Å². The second-order valence-corrected chi connectivity index (χ2v) is 8.27. The summed E-state index contributed by atoms with van der Waals surface area (Å²) in [4.78, 5) is 25.4. The lowest BCUT2D eigenvalue weighted by atomic mass is 9.99. The zero-order valence-electron chi connectivity index (χ0n) is 17.9. The average Bonchev–Trinajstić information content (AvgIpc) is 2.69. The highest BCUT2D eigenvalue weighted by molar-refractivity contribution is 5.68. The molecule has 0 aromatic heterocycles. The Morgan fingerprint density at radius 1 is 1.30 bits per heavy atom. The van der Waals surface area contributed by atoms with E-state index in [-0.39, 0.29) is 30.7 Å². The quantitative estimate of drug-likeness (QED) is 0.740. The number of hydrogen-bond acceptors (Lipinski definition) is 5. The molecule has 0 radical (unpaired) electrons. The summed E-state index contributed by atoms with van der Waals surface area (Å²) in [5, 5.41) is 2.46. The molecule has 2 atom stereocenters. The first-order valence-corrected chi connectivity index (χ1v) is 9.96. The van der Waals surface area contributed by atoms with Crippen LogP contribution in [0.5, 0.6) is 0 Å². The van der Waals surface area contributed by atoms with E-state index in [0.29, 0.717) is 13.1 Å². The van der Waals surface area contributed by atoms with Crippen LogP contribution in [-0.4, -0.2) is 56.0 Å². The number of piperidine rings is 1. The van der Waals surface area contributed by atoms with Gasteiger partial charge in [-0.15, -0.1) is 0 Å². The average molecular weight is 428 g/mol. The zero-order valence-corrected chi connectivity index (χ0v) is 17.9. The molecule has 0 bridgehead atoms. The van der Waals surface area contributed by atoms with E-state index in [9.17, 15) is 18.4 Å². The van der Waals surface area contributed by atoms with Crippen molar-refractivity contribution in [3.8, 4) is 0 Å². The number of carbonyl (C=O) groups is 2. The maximum atomic E-state index is 14.3. The van der Waals surface area contributed by atoms with Crippen LogP contribution in [0.2, 0.25) is 0 Å². The summed E-state index contributed by atoms with van der Waals surface area (Å²) in [6, 6.07) is 3.81. The molecule has 7 nitrogen and oxygen atoms in total. The van der Waals surface area contributed by atoms with Gasteiger partial charge in [-0.3, -0.25) is 0 Å². The lowest BCUT2D eigenvalue weighted by Gasteiger charge is -2.34. The highest BCUT2D eigenvalue weighted by atomic mass is 19.2. The van der Waals surface area contributed by atoms with Gasteiger partial charge in [-0.05, 0) is 39.7 Å². The van der Waals surface area contributed by atoms with E-state index in [1.54, 1.807) is 4.90 Å². The number of benzene rings is 1. The zero-order chi connectivity index (χ0) is 22.3. The van der Waals surface area contributed by atoms with Crippen LogP contribution >= 0.6 is 0 Å². The maximum absolute atomic E-state index is 14.3. The van der Waals surface area contributed by atoms with E-state index in [1.807, 2.05) is 20.8 Å². The van der Waals surface area contributed by atoms with Crippen molar-refractivity contribution >= 4 is 12.2 Å². The van der Waals surface area contributed by atoms with Crippen LogP contribution in [0, 0.1) is 17.6 Å². The van der Waals surface area contributed by atoms with E-state index < -0.39 is 29.4 Å². The van der Waals surface area contributed by atoms with Gasteiger partial charge in [-0.25, -0.2) is 18.4 Å². The molecule has 168 valence electrons. The van der Waals surface area contributed by atoms with Crippen LogP contribution in [0.1, 0.15) is 45.3 Å². The molecule has 30 heavy (non-hydrogen) atoms. The Labute approximate surface area is 175 Å². The number of rotatable bonds is 6. The van der Waals surface area contributed by atoms with Crippen molar-refractivity contribution in [2.45, 2.75) is 45.3 Å². The minimum absolute atomic E-state index is 0.00326. The molecule has 2 rings (SSSR count). The summed E-state index contributed by atoms with van der Waals surface area (Å²) >= 11 is 0. The van der Waals surface area contributed by atoms with E-state index in [2.05, 4.69) is 10.1 Å². The lowest BCUT2D eigenvalue weighted by molar-refractivity contribution is -0.00854. The van der Waals surface area contributed by atoms with Gasteiger partial charge in [0.25, 0.3) is 0 Å². The van der Waals surface area contributed by atoms with Crippen LogP contribution in [0.3, 0.4) is 0 Å². The molecule has 1 aliphatic rings. The van der Waals surface area contributed by atoms with Gasteiger partial charge in [-0.2, -0.15) is 0 Å². The number of methoxy groups -OCH3 is 1. The fraction of sp³-hybridized carbons (Fsp3) is 0.619. The molecular weight excluding hydrogens is 398 g/mol. The molecule has 0 spiro atoms. The third-order valence-electron chi connectivity index (χ3n) is 4.65. The Morgan fingerprint density at radius 2 is 2.03 bits per heavy atom. The van der Waals surface area contributed by atoms with Crippen LogP contribution in [0.4, 0.5) is 18.4 Å². The molecular formula is C21H30F2N2O5. The molecule has 1 aliphatic heterocycles. The van der Waals surface area contributed by atoms with Crippen molar-refractivity contribution in [2.75, 3.05) is 33.4 Å². The second kappa shape index (κ2) is 10.6. The Balaban J connectivity index is 2.02. The number of nitrogens with one attached hydrogen (secondary N) is 1. The highest BCUT2D eigenvalue weighted by Gasteiger charge is 2.29. The Bertz CT molecular complexity index is 739. The predicted molar refractivity (Wildman–Crippen MR) is 106 cm³/mol. The van der Waals surface area contributed by atoms with Gasteiger partial charge in [0.2, 0.25) is 0 Å². The molecule has 2 amide bonds. The summed E-state index contributed by atoms with van der Waals surface area (Å²) in [5.74, 6) is -2.01. The third-order valence-corrected chi connectivity index (χ3v) is 4.65. The monoisotopic (exact) mass is 428 g/mol.